The lowest BCUT2D eigenvalue weighted by Gasteiger charge is -2.16. The summed E-state index contributed by atoms with van der Waals surface area (Å²) < 4.78 is 2.02. The van der Waals surface area contributed by atoms with Gasteiger partial charge in [0.25, 0.3) is 0 Å². The second kappa shape index (κ2) is 3.08. The van der Waals surface area contributed by atoms with Gasteiger partial charge in [-0.25, -0.2) is 0 Å². The van der Waals surface area contributed by atoms with E-state index in [0.29, 0.717) is 11.5 Å². The Morgan fingerprint density at radius 3 is 2.47 bits per heavy atom. The van der Waals surface area contributed by atoms with Crippen LogP contribution in [-0.4, -0.2) is 16.3 Å². The van der Waals surface area contributed by atoms with Crippen LogP contribution in [0.5, 0.6) is 0 Å². The average molecular weight is 207 g/mol. The predicted octanol–water partition coefficient (Wildman–Crippen LogP) is 2.09. The van der Waals surface area contributed by atoms with Crippen LogP contribution < -0.4 is 5.73 Å². The van der Waals surface area contributed by atoms with Gasteiger partial charge in [0.05, 0.1) is 6.20 Å². The molecule has 1 aliphatic carbocycles. The molecule has 1 aromatic heterocycles. The minimum absolute atomic E-state index is 0.181. The van der Waals surface area contributed by atoms with Crippen LogP contribution in [0.4, 0.5) is 0 Å². The van der Waals surface area contributed by atoms with Crippen molar-refractivity contribution >= 4 is 0 Å². The van der Waals surface area contributed by atoms with Gasteiger partial charge in [0.15, 0.2) is 0 Å². The van der Waals surface area contributed by atoms with Crippen molar-refractivity contribution in [2.45, 2.75) is 45.6 Å². The lowest BCUT2D eigenvalue weighted by molar-refractivity contribution is 0.498. The van der Waals surface area contributed by atoms with Crippen LogP contribution in [0.15, 0.2) is 12.4 Å². The molecule has 1 atom stereocenters. The van der Waals surface area contributed by atoms with Crippen LogP contribution in [0.2, 0.25) is 0 Å². The minimum atomic E-state index is 0.181. The second-order valence-electron chi connectivity index (χ2n) is 5.65. The number of rotatable bonds is 3. The number of hydrogen-bond donors (Lipinski definition) is 1. The third-order valence-corrected chi connectivity index (χ3v) is 3.95. The summed E-state index contributed by atoms with van der Waals surface area (Å²) in [6.45, 7) is 9.58. The first-order valence-corrected chi connectivity index (χ1v) is 5.68. The molecular weight excluding hydrogens is 186 g/mol. The number of hydrogen-bond acceptors (Lipinski definition) is 2. The quantitative estimate of drug-likeness (QED) is 0.824. The van der Waals surface area contributed by atoms with E-state index in [1.54, 1.807) is 0 Å². The van der Waals surface area contributed by atoms with Crippen molar-refractivity contribution in [3.8, 4) is 0 Å². The summed E-state index contributed by atoms with van der Waals surface area (Å²) in [5.41, 5.74) is 7.75. The highest BCUT2D eigenvalue weighted by atomic mass is 15.3. The summed E-state index contributed by atoms with van der Waals surface area (Å²) in [5.74, 6) is 0. The molecule has 0 aliphatic heterocycles. The summed E-state index contributed by atoms with van der Waals surface area (Å²) in [6, 6.07) is 0.426. The zero-order valence-electron chi connectivity index (χ0n) is 10.1. The molecule has 1 aromatic rings. The topological polar surface area (TPSA) is 43.8 Å². The van der Waals surface area contributed by atoms with E-state index in [0.717, 1.165) is 6.54 Å². The molecule has 0 amide bonds. The van der Waals surface area contributed by atoms with Crippen molar-refractivity contribution in [2.24, 2.45) is 11.1 Å². The van der Waals surface area contributed by atoms with Crippen LogP contribution in [0.1, 0.15) is 45.7 Å². The van der Waals surface area contributed by atoms with E-state index in [4.69, 9.17) is 5.73 Å². The van der Waals surface area contributed by atoms with Crippen LogP contribution in [-0.2, 0) is 5.41 Å². The van der Waals surface area contributed by atoms with Crippen molar-refractivity contribution in [2.75, 3.05) is 6.54 Å². The van der Waals surface area contributed by atoms with Gasteiger partial charge < -0.3 is 5.73 Å². The van der Waals surface area contributed by atoms with E-state index in [1.807, 2.05) is 10.9 Å². The normalized spacial score (nSPS) is 28.4. The summed E-state index contributed by atoms with van der Waals surface area (Å²) in [6.07, 6.45) is 5.33. The molecule has 3 nitrogen and oxygen atoms in total. The molecule has 3 heteroatoms. The monoisotopic (exact) mass is 207 g/mol. The van der Waals surface area contributed by atoms with E-state index in [2.05, 4.69) is 39.0 Å². The van der Waals surface area contributed by atoms with Gasteiger partial charge in [0.1, 0.15) is 0 Å². The minimum Gasteiger partial charge on any atom is -0.330 e. The summed E-state index contributed by atoms with van der Waals surface area (Å²) >= 11 is 0. The highest BCUT2D eigenvalue weighted by Gasteiger charge is 2.61. The summed E-state index contributed by atoms with van der Waals surface area (Å²) in [5, 5.41) is 4.40. The van der Waals surface area contributed by atoms with Crippen molar-refractivity contribution in [1.82, 2.24) is 9.78 Å². The molecule has 84 valence electrons. The highest BCUT2D eigenvalue weighted by Crippen LogP contribution is 2.63. The Labute approximate surface area is 91.7 Å². The summed E-state index contributed by atoms with van der Waals surface area (Å²) in [7, 11) is 0. The summed E-state index contributed by atoms with van der Waals surface area (Å²) in [4.78, 5) is 0. The fraction of sp³-hybridized carbons (Fsp3) is 0.750. The lowest BCUT2D eigenvalue weighted by atomic mass is 9.90. The van der Waals surface area contributed by atoms with Gasteiger partial charge in [-0.2, -0.15) is 5.10 Å². The molecule has 0 saturated heterocycles. The molecule has 1 unspecified atom stereocenters. The molecular formula is C12H21N3. The molecule has 0 aromatic carbocycles. The van der Waals surface area contributed by atoms with Crippen molar-refractivity contribution in [3.63, 3.8) is 0 Å². The van der Waals surface area contributed by atoms with E-state index < -0.39 is 0 Å². The first-order chi connectivity index (χ1) is 6.93. The third-order valence-electron chi connectivity index (χ3n) is 3.95. The molecule has 1 saturated carbocycles. The maximum absolute atomic E-state index is 5.92. The maximum Gasteiger partial charge on any atom is 0.0528 e. The van der Waals surface area contributed by atoms with Crippen LogP contribution in [0, 0.1) is 5.41 Å². The standard InChI is InChI=1S/C12H21N3/c1-9(2)15-6-10(5-14-15)12(8-13)7-11(12,3)4/h5-6,9H,7-8,13H2,1-4H3. The molecule has 1 fully saturated rings. The number of aromatic nitrogens is 2. The van der Waals surface area contributed by atoms with Crippen molar-refractivity contribution in [1.29, 1.82) is 0 Å². The molecule has 1 heterocycles. The molecule has 0 spiro atoms. The molecule has 0 radical (unpaired) electrons. The van der Waals surface area contributed by atoms with Gasteiger partial charge in [-0.15, -0.1) is 0 Å². The molecule has 15 heavy (non-hydrogen) atoms. The van der Waals surface area contributed by atoms with Gasteiger partial charge >= 0.3 is 0 Å². The Balaban J connectivity index is 2.30. The third kappa shape index (κ3) is 1.41. The van der Waals surface area contributed by atoms with Gasteiger partial charge in [-0.05, 0) is 31.2 Å². The Morgan fingerprint density at radius 1 is 1.53 bits per heavy atom. The fourth-order valence-electron chi connectivity index (χ4n) is 2.54. The predicted molar refractivity (Wildman–Crippen MR) is 61.7 cm³/mol. The first kappa shape index (κ1) is 10.7. The fourth-order valence-corrected chi connectivity index (χ4v) is 2.54. The Kier molecular flexibility index (Phi) is 2.19. The average Bonchev–Trinajstić information content (AvgIpc) is 2.59. The maximum atomic E-state index is 5.92. The van der Waals surface area contributed by atoms with E-state index >= 15 is 0 Å². The van der Waals surface area contributed by atoms with E-state index in [-0.39, 0.29) is 5.41 Å². The first-order valence-electron chi connectivity index (χ1n) is 5.68. The van der Waals surface area contributed by atoms with Crippen LogP contribution >= 0.6 is 0 Å². The molecule has 2 rings (SSSR count). The van der Waals surface area contributed by atoms with Gasteiger partial charge in [-0.1, -0.05) is 13.8 Å². The molecule has 0 bridgehead atoms. The lowest BCUT2D eigenvalue weighted by Crippen LogP contribution is -2.24. The molecule has 1 aliphatic rings. The Hall–Kier alpha value is -0.830. The van der Waals surface area contributed by atoms with Gasteiger partial charge in [0.2, 0.25) is 0 Å². The molecule has 2 N–H and O–H groups in total. The van der Waals surface area contributed by atoms with Gasteiger partial charge in [0, 0.05) is 24.2 Å². The zero-order chi connectivity index (χ0) is 11.3. The van der Waals surface area contributed by atoms with Gasteiger partial charge in [-0.3, -0.25) is 4.68 Å². The number of nitrogens with two attached hydrogens (primary N) is 1. The van der Waals surface area contributed by atoms with E-state index in [9.17, 15) is 0 Å². The van der Waals surface area contributed by atoms with Crippen LogP contribution in [0.25, 0.3) is 0 Å². The van der Waals surface area contributed by atoms with Crippen molar-refractivity contribution < 1.29 is 0 Å². The zero-order valence-corrected chi connectivity index (χ0v) is 10.1. The highest BCUT2D eigenvalue weighted by molar-refractivity contribution is 5.34. The Bertz CT molecular complexity index is 365. The number of nitrogens with zero attached hydrogens (tertiary/aromatic N) is 2. The second-order valence-corrected chi connectivity index (χ2v) is 5.65. The Morgan fingerprint density at radius 2 is 2.13 bits per heavy atom. The largest absolute Gasteiger partial charge is 0.330 e. The smallest absolute Gasteiger partial charge is 0.0528 e. The van der Waals surface area contributed by atoms with Crippen LogP contribution in [0.3, 0.4) is 0 Å². The van der Waals surface area contributed by atoms with Crippen molar-refractivity contribution in [3.05, 3.63) is 18.0 Å². The van der Waals surface area contributed by atoms with E-state index in [1.165, 1.54) is 12.0 Å². The SMILES string of the molecule is CC(C)n1cc(C2(CN)CC2(C)C)cn1.